The van der Waals surface area contributed by atoms with E-state index in [0.29, 0.717) is 11.5 Å². The van der Waals surface area contributed by atoms with Gasteiger partial charge in [0.1, 0.15) is 11.9 Å². The highest BCUT2D eigenvalue weighted by Gasteiger charge is 2.33. The second kappa shape index (κ2) is 11.2. The molecular formula is C21H35N7O3. The summed E-state index contributed by atoms with van der Waals surface area (Å²) in [6, 6.07) is 1.000. The summed E-state index contributed by atoms with van der Waals surface area (Å²) in [7, 11) is 0. The summed E-state index contributed by atoms with van der Waals surface area (Å²) in [4.78, 5) is 37.6. The molecule has 1 saturated carbocycles. The Balaban J connectivity index is 1.65. The number of hydrazine groups is 1. The minimum atomic E-state index is -0.936. The lowest BCUT2D eigenvalue weighted by molar-refractivity contribution is -0.172. The Labute approximate surface area is 183 Å². The van der Waals surface area contributed by atoms with Crippen LogP contribution in [0.4, 0.5) is 11.8 Å². The maximum absolute atomic E-state index is 12.9. The number of carbonyl (C=O) groups excluding carboxylic acids is 2. The van der Waals surface area contributed by atoms with Crippen LogP contribution in [0.25, 0.3) is 0 Å². The van der Waals surface area contributed by atoms with Gasteiger partial charge in [-0.25, -0.2) is 10.0 Å². The summed E-state index contributed by atoms with van der Waals surface area (Å²) in [6.07, 6.45) is 6.11. The van der Waals surface area contributed by atoms with Gasteiger partial charge in [-0.15, -0.1) is 0 Å². The first kappa shape index (κ1) is 23.2. The van der Waals surface area contributed by atoms with E-state index in [-0.39, 0.29) is 11.9 Å². The van der Waals surface area contributed by atoms with Crippen molar-refractivity contribution in [3.05, 3.63) is 11.8 Å². The Morgan fingerprint density at radius 1 is 1.23 bits per heavy atom. The molecular weight excluding hydrogens is 398 g/mol. The third-order valence-corrected chi connectivity index (χ3v) is 6.29. The van der Waals surface area contributed by atoms with Gasteiger partial charge in [-0.05, 0) is 32.2 Å². The quantitative estimate of drug-likeness (QED) is 0.245. The van der Waals surface area contributed by atoms with E-state index >= 15 is 0 Å². The second-order valence-electron chi connectivity index (χ2n) is 8.41. The minimum absolute atomic E-state index is 0.0802. The molecule has 10 nitrogen and oxygen atoms in total. The molecule has 2 fully saturated rings. The van der Waals surface area contributed by atoms with E-state index in [0.717, 1.165) is 82.8 Å². The van der Waals surface area contributed by atoms with Crippen molar-refractivity contribution in [2.75, 3.05) is 43.0 Å². The normalized spacial score (nSPS) is 19.4. The lowest BCUT2D eigenvalue weighted by atomic mass is 9.91. The highest BCUT2D eigenvalue weighted by molar-refractivity contribution is 5.84. The van der Waals surface area contributed by atoms with E-state index in [2.05, 4.69) is 37.5 Å². The van der Waals surface area contributed by atoms with Crippen molar-refractivity contribution in [3.63, 3.8) is 0 Å². The fourth-order valence-electron chi connectivity index (χ4n) is 4.50. The molecule has 0 spiro atoms. The molecule has 172 valence electrons. The average molecular weight is 434 g/mol. The summed E-state index contributed by atoms with van der Waals surface area (Å²) in [5.41, 5.74) is 6.18. The SMILES string of the molecule is CCN1CCN(c2cc(C)nc(NNC(=O)C(C3CCCCCC3)N(O)C=O)n2)CC1. The standard InChI is InChI=1S/C21H35N7O3/c1-3-26-10-12-27(13-11-26)18-14-16(2)22-21(23-18)25-24-20(30)19(28(31)15-29)17-8-6-4-5-7-9-17/h14-15,17,19,31H,3-13H2,1-2H3,(H,24,30)(H,22,23,25). The van der Waals surface area contributed by atoms with Gasteiger partial charge in [0.05, 0.1) is 0 Å². The molecule has 1 aliphatic carbocycles. The predicted molar refractivity (Wildman–Crippen MR) is 118 cm³/mol. The van der Waals surface area contributed by atoms with Crippen LogP contribution in [-0.4, -0.2) is 76.2 Å². The Hall–Kier alpha value is -2.46. The molecule has 0 aromatic carbocycles. The Kier molecular flexibility index (Phi) is 8.42. The molecule has 1 aliphatic heterocycles. The van der Waals surface area contributed by atoms with E-state index in [1.165, 1.54) is 0 Å². The van der Waals surface area contributed by atoms with E-state index in [9.17, 15) is 14.8 Å². The van der Waals surface area contributed by atoms with E-state index in [4.69, 9.17) is 0 Å². The smallest absolute Gasteiger partial charge is 0.264 e. The number of anilines is 2. The predicted octanol–water partition coefficient (Wildman–Crippen LogP) is 1.56. The van der Waals surface area contributed by atoms with Crippen LogP contribution in [0, 0.1) is 12.8 Å². The molecule has 2 heterocycles. The summed E-state index contributed by atoms with van der Waals surface area (Å²) >= 11 is 0. The number of amides is 2. The van der Waals surface area contributed by atoms with Gasteiger partial charge in [-0.3, -0.25) is 25.6 Å². The van der Waals surface area contributed by atoms with Gasteiger partial charge in [0.25, 0.3) is 5.91 Å². The molecule has 3 N–H and O–H groups in total. The topological polar surface area (TPSA) is 114 Å². The largest absolute Gasteiger partial charge is 0.354 e. The van der Waals surface area contributed by atoms with Gasteiger partial charge in [-0.2, -0.15) is 4.98 Å². The van der Waals surface area contributed by atoms with Crippen molar-refractivity contribution in [1.29, 1.82) is 0 Å². The molecule has 10 heteroatoms. The second-order valence-corrected chi connectivity index (χ2v) is 8.41. The number of likely N-dealkylation sites (N-methyl/N-ethyl adjacent to an activating group) is 1. The van der Waals surface area contributed by atoms with Crippen LogP contribution in [-0.2, 0) is 9.59 Å². The average Bonchev–Trinajstić information content (AvgIpc) is 3.06. The summed E-state index contributed by atoms with van der Waals surface area (Å²) in [5, 5.41) is 10.6. The van der Waals surface area contributed by atoms with Crippen molar-refractivity contribution < 1.29 is 14.8 Å². The van der Waals surface area contributed by atoms with Gasteiger partial charge in [-0.1, -0.05) is 32.6 Å². The molecule has 31 heavy (non-hydrogen) atoms. The maximum Gasteiger partial charge on any atom is 0.264 e. The van der Waals surface area contributed by atoms with Crippen LogP contribution in [0.15, 0.2) is 6.07 Å². The third kappa shape index (κ3) is 6.27. The first-order chi connectivity index (χ1) is 15.0. The number of nitrogens with zero attached hydrogens (tertiary/aromatic N) is 5. The number of hydrogen-bond donors (Lipinski definition) is 3. The molecule has 1 unspecified atom stereocenters. The van der Waals surface area contributed by atoms with Crippen molar-refractivity contribution in [2.45, 2.75) is 58.4 Å². The van der Waals surface area contributed by atoms with Crippen molar-refractivity contribution in [1.82, 2.24) is 25.4 Å². The van der Waals surface area contributed by atoms with Crippen molar-refractivity contribution in [2.24, 2.45) is 5.92 Å². The van der Waals surface area contributed by atoms with Gasteiger partial charge in [0.15, 0.2) is 0 Å². The van der Waals surface area contributed by atoms with E-state index in [1.54, 1.807) is 0 Å². The monoisotopic (exact) mass is 433 g/mol. The number of piperazine rings is 1. The molecule has 1 atom stereocenters. The fraction of sp³-hybridized carbons (Fsp3) is 0.714. The number of nitrogens with one attached hydrogen (secondary N) is 2. The number of hydrogen-bond acceptors (Lipinski definition) is 8. The fourth-order valence-corrected chi connectivity index (χ4v) is 4.50. The number of hydroxylamine groups is 2. The molecule has 1 aromatic heterocycles. The molecule has 1 aromatic rings. The third-order valence-electron chi connectivity index (χ3n) is 6.29. The van der Waals surface area contributed by atoms with Crippen molar-refractivity contribution >= 4 is 24.1 Å². The number of aromatic nitrogens is 2. The van der Waals surface area contributed by atoms with E-state index < -0.39 is 11.9 Å². The van der Waals surface area contributed by atoms with Gasteiger partial charge in [0, 0.05) is 37.9 Å². The summed E-state index contributed by atoms with van der Waals surface area (Å²) in [6.45, 7) is 8.84. The summed E-state index contributed by atoms with van der Waals surface area (Å²) < 4.78 is 0. The zero-order chi connectivity index (χ0) is 22.2. The van der Waals surface area contributed by atoms with Crippen LogP contribution in [0.2, 0.25) is 0 Å². The number of aryl methyl sites for hydroxylation is 1. The van der Waals surface area contributed by atoms with Crippen LogP contribution >= 0.6 is 0 Å². The van der Waals surface area contributed by atoms with Crippen molar-refractivity contribution in [3.8, 4) is 0 Å². The molecule has 0 radical (unpaired) electrons. The number of rotatable bonds is 8. The van der Waals surface area contributed by atoms with Gasteiger partial charge in [0.2, 0.25) is 12.4 Å². The Morgan fingerprint density at radius 3 is 2.52 bits per heavy atom. The zero-order valence-electron chi connectivity index (χ0n) is 18.6. The highest BCUT2D eigenvalue weighted by Crippen LogP contribution is 2.27. The van der Waals surface area contributed by atoms with Gasteiger partial charge < -0.3 is 9.80 Å². The molecule has 2 aliphatic rings. The minimum Gasteiger partial charge on any atom is -0.354 e. The lowest BCUT2D eigenvalue weighted by Gasteiger charge is -2.35. The maximum atomic E-state index is 12.9. The molecule has 2 amide bonds. The first-order valence-corrected chi connectivity index (χ1v) is 11.3. The van der Waals surface area contributed by atoms with Gasteiger partial charge >= 0.3 is 0 Å². The van der Waals surface area contributed by atoms with Crippen LogP contribution in [0.1, 0.15) is 51.1 Å². The molecule has 1 saturated heterocycles. The lowest BCUT2D eigenvalue weighted by Crippen LogP contribution is -2.51. The highest BCUT2D eigenvalue weighted by atomic mass is 16.5. The zero-order valence-corrected chi connectivity index (χ0v) is 18.6. The van der Waals surface area contributed by atoms with Crippen LogP contribution < -0.4 is 15.8 Å². The number of carbonyl (C=O) groups is 2. The summed E-state index contributed by atoms with van der Waals surface area (Å²) in [5.74, 6) is 0.557. The molecule has 0 bridgehead atoms. The Morgan fingerprint density at radius 2 is 1.90 bits per heavy atom. The molecule has 3 rings (SSSR count). The van der Waals surface area contributed by atoms with Crippen LogP contribution in [0.5, 0.6) is 0 Å². The van der Waals surface area contributed by atoms with Crippen LogP contribution in [0.3, 0.4) is 0 Å². The Bertz CT molecular complexity index is 732. The van der Waals surface area contributed by atoms with E-state index in [1.807, 2.05) is 13.0 Å². The first-order valence-electron chi connectivity index (χ1n) is 11.3.